The van der Waals surface area contributed by atoms with Crippen LogP contribution in [0.2, 0.25) is 0 Å². The zero-order chi connectivity index (χ0) is 20.3. The molecule has 0 spiro atoms. The van der Waals surface area contributed by atoms with Crippen molar-refractivity contribution in [3.63, 3.8) is 0 Å². The number of hydrogen-bond donors (Lipinski definition) is 2. The highest BCUT2D eigenvalue weighted by Gasteiger charge is 2.28. The van der Waals surface area contributed by atoms with Crippen LogP contribution in [0.25, 0.3) is 6.08 Å². The van der Waals surface area contributed by atoms with Gasteiger partial charge in [-0.1, -0.05) is 6.07 Å². The van der Waals surface area contributed by atoms with E-state index in [1.807, 2.05) is 12.1 Å². The smallest absolute Gasteiger partial charge is 0.407 e. The molecule has 9 nitrogen and oxygen atoms in total. The molecular weight excluding hydrogens is 364 g/mol. The van der Waals surface area contributed by atoms with Crippen LogP contribution >= 0.6 is 0 Å². The van der Waals surface area contributed by atoms with Crippen molar-refractivity contribution in [2.45, 2.75) is 26.4 Å². The van der Waals surface area contributed by atoms with Gasteiger partial charge in [0.05, 0.1) is 6.54 Å². The van der Waals surface area contributed by atoms with E-state index >= 15 is 0 Å². The fraction of sp³-hybridized carbons (Fsp3) is 0.421. The number of nitrogens with one attached hydrogen (secondary N) is 2. The minimum absolute atomic E-state index is 0.198. The Morgan fingerprint density at radius 2 is 2.11 bits per heavy atom. The Labute approximate surface area is 163 Å². The summed E-state index contributed by atoms with van der Waals surface area (Å²) in [6, 6.07) is 5.45. The van der Waals surface area contributed by atoms with E-state index in [0.29, 0.717) is 36.2 Å². The quantitative estimate of drug-likeness (QED) is 0.601. The summed E-state index contributed by atoms with van der Waals surface area (Å²) >= 11 is 0. The minimum Gasteiger partial charge on any atom is -0.454 e. The number of rotatable bonds is 4. The van der Waals surface area contributed by atoms with E-state index in [2.05, 4.69) is 15.6 Å². The van der Waals surface area contributed by atoms with Gasteiger partial charge in [-0.15, -0.1) is 0 Å². The number of likely N-dealkylation sites (N-methyl/N-ethyl adjacent to an activating group) is 1. The Kier molecular flexibility index (Phi) is 5.43. The Morgan fingerprint density at radius 3 is 2.86 bits per heavy atom. The normalized spacial score (nSPS) is 18.6. The van der Waals surface area contributed by atoms with Crippen LogP contribution in [0.3, 0.4) is 0 Å². The van der Waals surface area contributed by atoms with Crippen molar-refractivity contribution < 1.29 is 23.8 Å². The lowest BCUT2D eigenvalue weighted by molar-refractivity contribution is -0.121. The largest absolute Gasteiger partial charge is 0.454 e. The van der Waals surface area contributed by atoms with Gasteiger partial charge >= 0.3 is 6.09 Å². The van der Waals surface area contributed by atoms with Gasteiger partial charge in [0.2, 0.25) is 12.8 Å². The average Bonchev–Trinajstić information content (AvgIpc) is 3.17. The lowest BCUT2D eigenvalue weighted by atomic mass is 10.1. The summed E-state index contributed by atoms with van der Waals surface area (Å²) in [7, 11) is 1.63. The molecule has 0 radical (unpaired) electrons. The number of carbonyl (C=O) groups is 2. The minimum atomic E-state index is -0.552. The van der Waals surface area contributed by atoms with Gasteiger partial charge in [-0.2, -0.15) is 0 Å². The maximum atomic E-state index is 12.4. The Morgan fingerprint density at radius 1 is 1.36 bits per heavy atom. The van der Waals surface area contributed by atoms with Crippen LogP contribution in [0.1, 0.15) is 26.3 Å². The molecule has 2 heterocycles. The second kappa shape index (κ2) is 7.79. The molecule has 1 aromatic carbocycles. The number of hydrogen-bond acceptors (Lipinski definition) is 6. The standard InChI is InChI=1S/C19H24N4O5/c1-19(2,3)28-18(25)21-8-7-20-17-22-13(16(24)23(17)4)9-12-5-6-14-15(10-12)27-11-26-14/h5-6,9-10H,7-8,11H2,1-4H3,(H,20,22)(H,21,25)/b13-9-. The number of fused-ring (bicyclic) bond motifs is 1. The lowest BCUT2D eigenvalue weighted by Gasteiger charge is -2.19. The van der Waals surface area contributed by atoms with Gasteiger partial charge in [0.25, 0.3) is 5.91 Å². The zero-order valence-corrected chi connectivity index (χ0v) is 16.4. The number of benzene rings is 1. The zero-order valence-electron chi connectivity index (χ0n) is 16.4. The average molecular weight is 388 g/mol. The molecule has 3 rings (SSSR count). The lowest BCUT2D eigenvalue weighted by Crippen LogP contribution is -2.34. The van der Waals surface area contributed by atoms with E-state index in [4.69, 9.17) is 14.2 Å². The summed E-state index contributed by atoms with van der Waals surface area (Å²) in [6.45, 7) is 6.18. The third-order valence-electron chi connectivity index (χ3n) is 3.85. The summed E-state index contributed by atoms with van der Waals surface area (Å²) in [4.78, 5) is 29.8. The molecule has 1 fully saturated rings. The predicted molar refractivity (Wildman–Crippen MR) is 103 cm³/mol. The number of amides is 2. The maximum absolute atomic E-state index is 12.4. The molecule has 0 aliphatic carbocycles. The summed E-state index contributed by atoms with van der Waals surface area (Å²) in [5, 5.41) is 5.63. The highest BCUT2D eigenvalue weighted by atomic mass is 16.7. The number of carbonyl (C=O) groups excluding carboxylic acids is 2. The second-order valence-corrected chi connectivity index (χ2v) is 7.29. The van der Waals surface area contributed by atoms with Crippen LogP contribution in [0.15, 0.2) is 28.9 Å². The highest BCUT2D eigenvalue weighted by Crippen LogP contribution is 2.33. The van der Waals surface area contributed by atoms with Crippen LogP contribution in [0, 0.1) is 0 Å². The van der Waals surface area contributed by atoms with Crippen molar-refractivity contribution in [1.29, 1.82) is 0 Å². The Balaban J connectivity index is 1.58. The van der Waals surface area contributed by atoms with E-state index in [-0.39, 0.29) is 12.7 Å². The molecule has 0 unspecified atom stereocenters. The van der Waals surface area contributed by atoms with Crippen molar-refractivity contribution in [3.05, 3.63) is 29.5 Å². The van der Waals surface area contributed by atoms with E-state index < -0.39 is 11.7 Å². The molecule has 2 N–H and O–H groups in total. The highest BCUT2D eigenvalue weighted by molar-refractivity contribution is 6.15. The van der Waals surface area contributed by atoms with E-state index in [9.17, 15) is 9.59 Å². The molecule has 0 saturated carbocycles. The van der Waals surface area contributed by atoms with Gasteiger partial charge in [0, 0.05) is 13.6 Å². The molecule has 1 aromatic rings. The number of alkyl carbamates (subject to hydrolysis) is 1. The molecule has 2 aliphatic heterocycles. The van der Waals surface area contributed by atoms with Crippen LogP contribution in [0.5, 0.6) is 11.5 Å². The van der Waals surface area contributed by atoms with Gasteiger partial charge in [0.15, 0.2) is 11.5 Å². The number of nitrogens with zero attached hydrogens (tertiary/aromatic N) is 2. The first-order chi connectivity index (χ1) is 13.2. The monoisotopic (exact) mass is 388 g/mol. The molecule has 0 atom stereocenters. The van der Waals surface area contributed by atoms with E-state index in [1.54, 1.807) is 40.0 Å². The fourth-order valence-corrected chi connectivity index (χ4v) is 2.58. The molecule has 2 aliphatic rings. The van der Waals surface area contributed by atoms with Crippen molar-refractivity contribution >= 4 is 24.0 Å². The van der Waals surface area contributed by atoms with Gasteiger partial charge < -0.3 is 24.8 Å². The van der Waals surface area contributed by atoms with Crippen molar-refractivity contribution in [2.75, 3.05) is 26.9 Å². The van der Waals surface area contributed by atoms with Crippen molar-refractivity contribution in [1.82, 2.24) is 15.5 Å². The third kappa shape index (κ3) is 4.73. The summed E-state index contributed by atoms with van der Waals surface area (Å²) in [5.41, 5.74) is 0.658. The molecular formula is C19H24N4O5. The predicted octanol–water partition coefficient (Wildman–Crippen LogP) is 1.70. The van der Waals surface area contributed by atoms with Crippen LogP contribution < -0.4 is 20.1 Å². The molecule has 9 heteroatoms. The SMILES string of the molecule is CN1C(=O)/C(=C/c2ccc3c(c2)OCO3)NC1=NCCNC(=O)OC(C)(C)C. The maximum Gasteiger partial charge on any atom is 0.407 e. The van der Waals surface area contributed by atoms with E-state index in [0.717, 1.165) is 5.56 Å². The fourth-order valence-electron chi connectivity index (χ4n) is 2.58. The van der Waals surface area contributed by atoms with E-state index in [1.165, 1.54) is 4.90 Å². The third-order valence-corrected chi connectivity index (χ3v) is 3.85. The topological polar surface area (TPSA) is 101 Å². The molecule has 1 saturated heterocycles. The van der Waals surface area contributed by atoms with Crippen LogP contribution in [-0.2, 0) is 9.53 Å². The molecule has 0 aromatic heterocycles. The number of guanidine groups is 1. The Hall–Kier alpha value is -3.23. The van der Waals surface area contributed by atoms with Crippen LogP contribution in [-0.4, -0.2) is 55.4 Å². The van der Waals surface area contributed by atoms with Crippen molar-refractivity contribution in [2.24, 2.45) is 4.99 Å². The first-order valence-electron chi connectivity index (χ1n) is 8.91. The van der Waals surface area contributed by atoms with Crippen molar-refractivity contribution in [3.8, 4) is 11.5 Å². The summed E-state index contributed by atoms with van der Waals surface area (Å²) in [5.74, 6) is 1.56. The summed E-state index contributed by atoms with van der Waals surface area (Å²) < 4.78 is 15.8. The first kappa shape index (κ1) is 19.5. The second-order valence-electron chi connectivity index (χ2n) is 7.29. The van der Waals surface area contributed by atoms with Crippen LogP contribution in [0.4, 0.5) is 4.79 Å². The van der Waals surface area contributed by atoms with Gasteiger partial charge in [-0.25, -0.2) is 4.79 Å². The van der Waals surface area contributed by atoms with Gasteiger partial charge in [0.1, 0.15) is 11.3 Å². The van der Waals surface area contributed by atoms with Gasteiger partial charge in [-0.3, -0.25) is 14.7 Å². The number of ether oxygens (including phenoxy) is 3. The Bertz CT molecular complexity index is 841. The molecule has 150 valence electrons. The summed E-state index contributed by atoms with van der Waals surface area (Å²) in [6.07, 6.45) is 1.22. The van der Waals surface area contributed by atoms with Gasteiger partial charge in [-0.05, 0) is 44.5 Å². The first-order valence-corrected chi connectivity index (χ1v) is 8.91. The number of aliphatic imine (C=N–C) groups is 1. The molecule has 0 bridgehead atoms. The molecule has 2 amide bonds. The molecule has 28 heavy (non-hydrogen) atoms.